The Morgan fingerprint density at radius 2 is 1.66 bits per heavy atom. The monoisotopic (exact) mass is 533 g/mol. The summed E-state index contributed by atoms with van der Waals surface area (Å²) in [6, 6.07) is -3.73. The summed E-state index contributed by atoms with van der Waals surface area (Å²) in [5.74, 6) is -3.92. The normalized spacial score (nSPS) is 27.8. The Bertz CT molecular complexity index is 1070. The highest BCUT2D eigenvalue weighted by molar-refractivity contribution is 6.37. The smallest absolute Gasteiger partial charge is 0.329 e. The number of fused-ring (bicyclic) bond motifs is 1. The Kier molecular flexibility index (Phi) is 6.76. The Morgan fingerprint density at radius 1 is 1.05 bits per heavy atom. The largest absolute Gasteiger partial charge is 0.480 e. The first-order chi connectivity index (χ1) is 17.5. The molecule has 12 nitrogen and oxygen atoms in total. The highest BCUT2D eigenvalue weighted by Crippen LogP contribution is 2.65. The molecule has 0 aromatic carbocycles. The van der Waals surface area contributed by atoms with Gasteiger partial charge in [0.05, 0.1) is 6.04 Å². The maximum Gasteiger partial charge on any atom is 0.329 e. The van der Waals surface area contributed by atoms with Gasteiger partial charge in [0.2, 0.25) is 17.6 Å². The number of carboxylic acids is 1. The molecule has 1 unspecified atom stereocenters. The number of hydrogen-bond acceptors (Lipinski definition) is 6. The van der Waals surface area contributed by atoms with Gasteiger partial charge in [-0.15, -0.1) is 0 Å². The molecule has 5 atom stereocenters. The average molecular weight is 534 g/mol. The summed E-state index contributed by atoms with van der Waals surface area (Å²) in [7, 11) is 0. The van der Waals surface area contributed by atoms with Crippen LogP contribution in [0.1, 0.15) is 66.7 Å². The van der Waals surface area contributed by atoms with Crippen LogP contribution in [0.4, 0.5) is 4.79 Å². The van der Waals surface area contributed by atoms with Crippen molar-refractivity contribution in [3.63, 3.8) is 0 Å². The number of hydrogen-bond donors (Lipinski definition) is 5. The SMILES string of the molecule is CC(C)(C)[C@H](NC(=O)NC1(C(=O)O)CC1)C(=O)N1C[C@H]2[C@@H]([C@H]1C(=O)NC(CC1CC1)C(=O)C(N)=O)C2(C)C. The quantitative estimate of drug-likeness (QED) is 0.247. The molecule has 1 saturated heterocycles. The Balaban J connectivity index is 1.53. The molecular weight excluding hydrogens is 494 g/mol. The van der Waals surface area contributed by atoms with Crippen molar-refractivity contribution in [1.29, 1.82) is 0 Å². The van der Waals surface area contributed by atoms with Crippen molar-refractivity contribution in [3.05, 3.63) is 0 Å². The zero-order valence-corrected chi connectivity index (χ0v) is 22.6. The minimum absolute atomic E-state index is 0.0621. The molecule has 6 N–H and O–H groups in total. The summed E-state index contributed by atoms with van der Waals surface area (Å²) in [6.07, 6.45) is 2.76. The van der Waals surface area contributed by atoms with Gasteiger partial charge in [-0.3, -0.25) is 19.2 Å². The molecule has 0 spiro atoms. The van der Waals surface area contributed by atoms with Gasteiger partial charge in [-0.25, -0.2) is 9.59 Å². The average Bonchev–Trinajstić information content (AvgIpc) is 3.75. The topological polar surface area (TPSA) is 188 Å². The van der Waals surface area contributed by atoms with Gasteiger partial charge < -0.3 is 31.7 Å². The number of carbonyl (C=O) groups is 6. The maximum absolute atomic E-state index is 13.9. The zero-order valence-electron chi connectivity index (χ0n) is 22.6. The molecule has 210 valence electrons. The van der Waals surface area contributed by atoms with E-state index < -0.39 is 64.6 Å². The molecule has 3 saturated carbocycles. The summed E-state index contributed by atoms with van der Waals surface area (Å²) in [6.45, 7) is 9.66. The lowest BCUT2D eigenvalue weighted by Crippen LogP contribution is -2.62. The van der Waals surface area contributed by atoms with Gasteiger partial charge in [0.1, 0.15) is 17.6 Å². The number of nitrogens with two attached hydrogens (primary N) is 1. The first kappa shape index (κ1) is 27.8. The third-order valence-electron chi connectivity index (χ3n) is 8.80. The lowest BCUT2D eigenvalue weighted by Gasteiger charge is -2.38. The van der Waals surface area contributed by atoms with Crippen molar-refractivity contribution in [2.45, 2.75) is 90.4 Å². The number of nitrogens with one attached hydrogen (secondary N) is 3. The van der Waals surface area contributed by atoms with E-state index in [1.54, 1.807) is 20.8 Å². The minimum atomic E-state index is -1.32. The van der Waals surface area contributed by atoms with Crippen molar-refractivity contribution in [2.24, 2.45) is 34.3 Å². The van der Waals surface area contributed by atoms with Gasteiger partial charge in [-0.1, -0.05) is 47.5 Å². The summed E-state index contributed by atoms with van der Waals surface area (Å²) in [5.41, 5.74) is 2.96. The van der Waals surface area contributed by atoms with Gasteiger partial charge in [0.15, 0.2) is 0 Å². The number of aliphatic carboxylic acids is 1. The van der Waals surface area contributed by atoms with E-state index in [2.05, 4.69) is 16.0 Å². The second-order valence-electron chi connectivity index (χ2n) is 13.1. The van der Waals surface area contributed by atoms with Crippen molar-refractivity contribution in [2.75, 3.05) is 6.54 Å². The predicted octanol–water partition coefficient (Wildman–Crippen LogP) is 0.140. The van der Waals surface area contributed by atoms with E-state index in [1.807, 2.05) is 13.8 Å². The molecule has 12 heteroatoms. The number of piperidine rings is 1. The Hall–Kier alpha value is -3.18. The first-order valence-electron chi connectivity index (χ1n) is 13.3. The van der Waals surface area contributed by atoms with Gasteiger partial charge in [0.25, 0.3) is 5.91 Å². The molecule has 4 rings (SSSR count). The lowest BCUT2D eigenvalue weighted by atomic mass is 9.85. The van der Waals surface area contributed by atoms with Crippen LogP contribution in [-0.2, 0) is 24.0 Å². The second kappa shape index (κ2) is 9.23. The van der Waals surface area contributed by atoms with E-state index in [1.165, 1.54) is 4.90 Å². The number of carbonyl (C=O) groups excluding carboxylic acids is 5. The number of amides is 5. The van der Waals surface area contributed by atoms with Crippen molar-refractivity contribution in [3.8, 4) is 0 Å². The fourth-order valence-electron chi connectivity index (χ4n) is 5.88. The van der Waals surface area contributed by atoms with Crippen LogP contribution in [0.5, 0.6) is 0 Å². The van der Waals surface area contributed by atoms with E-state index in [-0.39, 0.29) is 23.2 Å². The lowest BCUT2D eigenvalue weighted by molar-refractivity contribution is -0.145. The highest BCUT2D eigenvalue weighted by atomic mass is 16.4. The van der Waals surface area contributed by atoms with E-state index >= 15 is 0 Å². The summed E-state index contributed by atoms with van der Waals surface area (Å²) >= 11 is 0. The third kappa shape index (κ3) is 5.22. The van der Waals surface area contributed by atoms with Gasteiger partial charge in [-0.05, 0) is 47.8 Å². The molecule has 1 aliphatic heterocycles. The molecule has 4 aliphatic rings. The number of nitrogens with zero attached hydrogens (tertiary/aromatic N) is 1. The fraction of sp³-hybridized carbons (Fsp3) is 0.769. The number of carboxylic acid groups (broad SMARTS) is 1. The molecule has 0 radical (unpaired) electrons. The molecule has 5 amide bonds. The number of likely N-dealkylation sites (tertiary alicyclic amines) is 1. The van der Waals surface area contributed by atoms with Gasteiger partial charge >= 0.3 is 12.0 Å². The van der Waals surface area contributed by atoms with Crippen LogP contribution in [0.25, 0.3) is 0 Å². The van der Waals surface area contributed by atoms with E-state index in [4.69, 9.17) is 5.73 Å². The van der Waals surface area contributed by atoms with E-state index in [0.717, 1.165) is 12.8 Å². The number of primary amides is 1. The number of Topliss-reactive ketones (excluding diaryl/α,β-unsaturated/α-hetero) is 1. The molecule has 3 aliphatic carbocycles. The minimum Gasteiger partial charge on any atom is -0.480 e. The molecule has 4 fully saturated rings. The second-order valence-corrected chi connectivity index (χ2v) is 13.1. The van der Waals surface area contributed by atoms with Crippen LogP contribution in [0.2, 0.25) is 0 Å². The zero-order chi connectivity index (χ0) is 28.4. The summed E-state index contributed by atoms with van der Waals surface area (Å²) in [4.78, 5) is 77.3. The van der Waals surface area contributed by atoms with E-state index in [0.29, 0.717) is 25.8 Å². The van der Waals surface area contributed by atoms with Crippen LogP contribution in [0.15, 0.2) is 0 Å². The fourth-order valence-corrected chi connectivity index (χ4v) is 5.88. The number of ketones is 1. The maximum atomic E-state index is 13.9. The van der Waals surface area contributed by atoms with Crippen molar-refractivity contribution in [1.82, 2.24) is 20.9 Å². The van der Waals surface area contributed by atoms with Gasteiger partial charge in [0, 0.05) is 6.54 Å². The van der Waals surface area contributed by atoms with Crippen LogP contribution < -0.4 is 21.7 Å². The highest BCUT2D eigenvalue weighted by Gasteiger charge is 2.70. The van der Waals surface area contributed by atoms with E-state index in [9.17, 15) is 33.9 Å². The first-order valence-corrected chi connectivity index (χ1v) is 13.3. The molecule has 0 aromatic rings. The summed E-state index contributed by atoms with van der Waals surface area (Å²) < 4.78 is 0. The molecule has 0 bridgehead atoms. The van der Waals surface area contributed by atoms with Crippen LogP contribution in [0.3, 0.4) is 0 Å². The number of urea groups is 1. The molecule has 1 heterocycles. The third-order valence-corrected chi connectivity index (χ3v) is 8.80. The van der Waals surface area contributed by atoms with Crippen molar-refractivity contribution < 1.29 is 33.9 Å². The molecular formula is C26H39N5O7. The Labute approximate surface area is 221 Å². The predicted molar refractivity (Wildman–Crippen MR) is 134 cm³/mol. The van der Waals surface area contributed by atoms with Crippen LogP contribution in [-0.4, -0.2) is 75.7 Å². The number of rotatable bonds is 10. The van der Waals surface area contributed by atoms with Crippen LogP contribution >= 0.6 is 0 Å². The van der Waals surface area contributed by atoms with Gasteiger partial charge in [-0.2, -0.15) is 0 Å². The Morgan fingerprint density at radius 3 is 2.13 bits per heavy atom. The standard InChI is InChI=1S/C26H39N5O7/c1-24(2,3)18(29-23(38)30-26(8-9-26)22(36)37)21(35)31-11-13-15(25(13,4)5)16(31)20(34)28-14(10-12-6-7-12)17(32)19(27)33/h12-16,18H,6-11H2,1-5H3,(H2,27,33)(H,28,34)(H,36,37)(H2,29,30,38)/t13-,14?,15-,16-,18+/m0/s1. The van der Waals surface area contributed by atoms with Crippen LogP contribution in [0, 0.1) is 28.6 Å². The molecule has 0 aromatic heterocycles. The summed E-state index contributed by atoms with van der Waals surface area (Å²) in [5, 5.41) is 17.2. The van der Waals surface area contributed by atoms with Crippen molar-refractivity contribution >= 4 is 35.5 Å². The molecule has 38 heavy (non-hydrogen) atoms.